The summed E-state index contributed by atoms with van der Waals surface area (Å²) in [6.45, 7) is 3.18. The highest BCUT2D eigenvalue weighted by atomic mass is 19.1. The zero-order valence-corrected chi connectivity index (χ0v) is 11.8. The van der Waals surface area contributed by atoms with Crippen molar-refractivity contribution < 1.29 is 19.0 Å². The number of hydrogen-bond acceptors (Lipinski definition) is 3. The molecule has 20 heavy (non-hydrogen) atoms. The van der Waals surface area contributed by atoms with Crippen molar-refractivity contribution in [2.75, 3.05) is 13.2 Å². The van der Waals surface area contributed by atoms with E-state index < -0.39 is 11.4 Å². The van der Waals surface area contributed by atoms with Gasteiger partial charge in [-0.3, -0.25) is 0 Å². The van der Waals surface area contributed by atoms with Gasteiger partial charge in [0.05, 0.1) is 18.8 Å². The second-order valence-electron chi connectivity index (χ2n) is 6.08. The second-order valence-corrected chi connectivity index (χ2v) is 6.08. The summed E-state index contributed by atoms with van der Waals surface area (Å²) in [5.41, 5.74) is 1.17. The van der Waals surface area contributed by atoms with Gasteiger partial charge in [0, 0.05) is 19.3 Å². The highest BCUT2D eigenvalue weighted by Gasteiger charge is 2.45. The number of aliphatic hydroxyl groups is 1. The van der Waals surface area contributed by atoms with Gasteiger partial charge in [-0.1, -0.05) is 6.07 Å². The predicted octanol–water partition coefficient (Wildman–Crippen LogP) is 2.72. The fourth-order valence-electron chi connectivity index (χ4n) is 3.27. The third-order valence-corrected chi connectivity index (χ3v) is 4.58. The molecule has 1 saturated carbocycles. The molecule has 0 bridgehead atoms. The molecule has 1 spiro atoms. The predicted molar refractivity (Wildman–Crippen MR) is 72.9 cm³/mol. The monoisotopic (exact) mass is 280 g/mol. The molecule has 0 aromatic heterocycles. The molecule has 1 N–H and O–H groups in total. The molecule has 2 fully saturated rings. The van der Waals surface area contributed by atoms with Crippen LogP contribution in [0.3, 0.4) is 0 Å². The van der Waals surface area contributed by atoms with Crippen LogP contribution in [0.5, 0.6) is 0 Å². The second kappa shape index (κ2) is 5.10. The number of hydrogen-bond donors (Lipinski definition) is 1. The Hall–Kier alpha value is -0.970. The maximum atomic E-state index is 13.1. The number of rotatable bonds is 2. The fourth-order valence-corrected chi connectivity index (χ4v) is 3.27. The van der Waals surface area contributed by atoms with Crippen molar-refractivity contribution in [1.82, 2.24) is 0 Å². The third-order valence-electron chi connectivity index (χ3n) is 4.58. The SMILES string of the molecule is Cc1cc(F)ccc1CC1(O)CCC2(CC1)OCCO2. The summed E-state index contributed by atoms with van der Waals surface area (Å²) in [5, 5.41) is 10.8. The van der Waals surface area contributed by atoms with E-state index in [0.29, 0.717) is 32.5 Å². The third kappa shape index (κ3) is 2.73. The Kier molecular flexibility index (Phi) is 3.56. The minimum Gasteiger partial charge on any atom is -0.390 e. The van der Waals surface area contributed by atoms with Gasteiger partial charge in [0.25, 0.3) is 0 Å². The average molecular weight is 280 g/mol. The van der Waals surface area contributed by atoms with Gasteiger partial charge in [-0.15, -0.1) is 0 Å². The van der Waals surface area contributed by atoms with Crippen LogP contribution in [0.15, 0.2) is 18.2 Å². The number of ether oxygens (including phenoxy) is 2. The van der Waals surface area contributed by atoms with Crippen LogP contribution in [0.1, 0.15) is 36.8 Å². The first kappa shape index (κ1) is 14.0. The summed E-state index contributed by atoms with van der Waals surface area (Å²) >= 11 is 0. The first-order valence-corrected chi connectivity index (χ1v) is 7.26. The molecule has 1 saturated heterocycles. The summed E-state index contributed by atoms with van der Waals surface area (Å²) in [6.07, 6.45) is 3.33. The van der Waals surface area contributed by atoms with Gasteiger partial charge in [-0.05, 0) is 43.0 Å². The molecule has 1 aliphatic carbocycles. The van der Waals surface area contributed by atoms with Crippen molar-refractivity contribution in [2.24, 2.45) is 0 Å². The van der Waals surface area contributed by atoms with Crippen LogP contribution in [0.4, 0.5) is 4.39 Å². The average Bonchev–Trinajstić information content (AvgIpc) is 2.87. The summed E-state index contributed by atoms with van der Waals surface area (Å²) in [7, 11) is 0. The number of halogens is 1. The van der Waals surface area contributed by atoms with Crippen LogP contribution < -0.4 is 0 Å². The molecule has 0 radical (unpaired) electrons. The molecule has 0 unspecified atom stereocenters. The molecule has 0 amide bonds. The van der Waals surface area contributed by atoms with Crippen molar-refractivity contribution in [1.29, 1.82) is 0 Å². The van der Waals surface area contributed by atoms with Crippen molar-refractivity contribution in [3.05, 3.63) is 35.1 Å². The van der Waals surface area contributed by atoms with Crippen molar-refractivity contribution >= 4 is 0 Å². The van der Waals surface area contributed by atoms with E-state index >= 15 is 0 Å². The Morgan fingerprint density at radius 1 is 1.15 bits per heavy atom. The largest absolute Gasteiger partial charge is 0.390 e. The van der Waals surface area contributed by atoms with Crippen molar-refractivity contribution in [2.45, 2.75) is 50.4 Å². The molecule has 0 atom stereocenters. The highest BCUT2D eigenvalue weighted by molar-refractivity contribution is 5.28. The summed E-state index contributed by atoms with van der Waals surface area (Å²) in [4.78, 5) is 0. The zero-order valence-electron chi connectivity index (χ0n) is 11.8. The van der Waals surface area contributed by atoms with E-state index in [0.717, 1.165) is 24.0 Å². The molecular formula is C16H21FO3. The fraction of sp³-hybridized carbons (Fsp3) is 0.625. The van der Waals surface area contributed by atoms with Crippen molar-refractivity contribution in [3.63, 3.8) is 0 Å². The normalized spacial score (nSPS) is 24.1. The van der Waals surface area contributed by atoms with E-state index in [-0.39, 0.29) is 5.82 Å². The summed E-state index contributed by atoms with van der Waals surface area (Å²) in [5.74, 6) is -0.682. The van der Waals surface area contributed by atoms with Gasteiger partial charge >= 0.3 is 0 Å². The zero-order chi connectivity index (χ0) is 14.2. The minimum atomic E-state index is -0.733. The van der Waals surface area contributed by atoms with E-state index in [1.807, 2.05) is 6.92 Å². The molecule has 3 nitrogen and oxygen atoms in total. The maximum Gasteiger partial charge on any atom is 0.168 e. The first-order chi connectivity index (χ1) is 9.50. The molecule has 110 valence electrons. The quantitative estimate of drug-likeness (QED) is 0.905. The molecule has 3 rings (SSSR count). The standard InChI is InChI=1S/C16H21FO3/c1-12-10-14(17)3-2-13(12)11-15(18)4-6-16(7-5-15)19-8-9-20-16/h2-3,10,18H,4-9,11H2,1H3. The van der Waals surface area contributed by atoms with Gasteiger partial charge in [0.1, 0.15) is 5.82 Å². The lowest BCUT2D eigenvalue weighted by atomic mass is 9.77. The Morgan fingerprint density at radius 3 is 2.40 bits per heavy atom. The van der Waals surface area contributed by atoms with E-state index in [1.54, 1.807) is 6.07 Å². The van der Waals surface area contributed by atoms with Crippen molar-refractivity contribution in [3.8, 4) is 0 Å². The Labute approximate surface area is 118 Å². The highest BCUT2D eigenvalue weighted by Crippen LogP contribution is 2.41. The Morgan fingerprint density at radius 2 is 1.80 bits per heavy atom. The van der Waals surface area contributed by atoms with Crippen LogP contribution in [0.25, 0.3) is 0 Å². The van der Waals surface area contributed by atoms with E-state index in [2.05, 4.69) is 0 Å². The topological polar surface area (TPSA) is 38.7 Å². The first-order valence-electron chi connectivity index (χ1n) is 7.26. The van der Waals surface area contributed by atoms with Crippen LogP contribution in [-0.4, -0.2) is 29.7 Å². The lowest BCUT2D eigenvalue weighted by Gasteiger charge is -2.40. The van der Waals surface area contributed by atoms with Gasteiger partial charge in [0.15, 0.2) is 5.79 Å². The van der Waals surface area contributed by atoms with Crippen LogP contribution in [0, 0.1) is 12.7 Å². The molecule has 1 aromatic rings. The Bertz CT molecular complexity index is 484. The van der Waals surface area contributed by atoms with Gasteiger partial charge in [-0.25, -0.2) is 4.39 Å². The minimum absolute atomic E-state index is 0.228. The molecule has 1 aromatic carbocycles. The van der Waals surface area contributed by atoms with Crippen LogP contribution >= 0.6 is 0 Å². The molecule has 1 heterocycles. The molecule has 1 aliphatic heterocycles. The summed E-state index contributed by atoms with van der Waals surface area (Å²) in [6, 6.07) is 4.75. The van der Waals surface area contributed by atoms with E-state index in [4.69, 9.17) is 9.47 Å². The van der Waals surface area contributed by atoms with Gasteiger partial charge in [0.2, 0.25) is 0 Å². The van der Waals surface area contributed by atoms with Crippen LogP contribution in [0.2, 0.25) is 0 Å². The number of benzene rings is 1. The lowest BCUT2D eigenvalue weighted by Crippen LogP contribution is -2.44. The smallest absolute Gasteiger partial charge is 0.168 e. The molecule has 2 aliphatic rings. The molecular weight excluding hydrogens is 259 g/mol. The van der Waals surface area contributed by atoms with Gasteiger partial charge < -0.3 is 14.6 Å². The van der Waals surface area contributed by atoms with E-state index in [1.165, 1.54) is 12.1 Å². The summed E-state index contributed by atoms with van der Waals surface area (Å²) < 4.78 is 24.5. The molecule has 4 heteroatoms. The maximum absolute atomic E-state index is 13.1. The van der Waals surface area contributed by atoms with Crippen LogP contribution in [-0.2, 0) is 15.9 Å². The Balaban J connectivity index is 1.68. The number of aryl methyl sites for hydroxylation is 1. The van der Waals surface area contributed by atoms with E-state index in [9.17, 15) is 9.50 Å². The van der Waals surface area contributed by atoms with Gasteiger partial charge in [-0.2, -0.15) is 0 Å². The lowest BCUT2D eigenvalue weighted by molar-refractivity contribution is -0.202.